The highest BCUT2D eigenvalue weighted by Crippen LogP contribution is 2.16. The van der Waals surface area contributed by atoms with Crippen molar-refractivity contribution in [2.75, 3.05) is 6.61 Å². The molecule has 1 aromatic rings. The van der Waals surface area contributed by atoms with Crippen molar-refractivity contribution < 1.29 is 4.74 Å². The van der Waals surface area contributed by atoms with Gasteiger partial charge in [0.05, 0.1) is 18.2 Å². The summed E-state index contributed by atoms with van der Waals surface area (Å²) in [4.78, 5) is 0. The summed E-state index contributed by atoms with van der Waals surface area (Å²) in [6.45, 7) is 6.28. The van der Waals surface area contributed by atoms with E-state index in [2.05, 4.69) is 6.92 Å². The highest BCUT2D eigenvalue weighted by Gasteiger charge is 1.98. The van der Waals surface area contributed by atoms with Crippen LogP contribution in [0.5, 0.6) is 5.75 Å². The fourth-order valence-corrected chi connectivity index (χ4v) is 0.936. The molecule has 0 aliphatic rings. The van der Waals surface area contributed by atoms with Gasteiger partial charge < -0.3 is 4.74 Å². The highest BCUT2D eigenvalue weighted by molar-refractivity contribution is 5.44. The number of nitriles is 1. The fourth-order valence-electron chi connectivity index (χ4n) is 0.936. The Balaban J connectivity index is 2.96. The second-order valence-corrected chi connectivity index (χ2v) is 2.36. The molecule has 1 rings (SSSR count). The maximum atomic E-state index is 8.61. The van der Waals surface area contributed by atoms with Gasteiger partial charge in [-0.1, -0.05) is 0 Å². The van der Waals surface area contributed by atoms with Crippen LogP contribution in [-0.4, -0.2) is 6.61 Å². The van der Waals surface area contributed by atoms with Crippen molar-refractivity contribution in [3.63, 3.8) is 0 Å². The van der Waals surface area contributed by atoms with Crippen molar-refractivity contribution in [1.82, 2.24) is 0 Å². The van der Waals surface area contributed by atoms with E-state index in [0.29, 0.717) is 17.7 Å². The lowest BCUT2D eigenvalue weighted by Gasteiger charge is -2.03. The van der Waals surface area contributed by atoms with Crippen LogP contribution >= 0.6 is 0 Å². The third-order valence-corrected chi connectivity index (χ3v) is 1.51. The van der Waals surface area contributed by atoms with Crippen LogP contribution in [-0.2, 0) is 0 Å². The van der Waals surface area contributed by atoms with Crippen LogP contribution in [0.3, 0.4) is 0 Å². The van der Waals surface area contributed by atoms with E-state index < -0.39 is 0 Å². The fraction of sp³-hybridized carbons (Fsp3) is 0.200. The van der Waals surface area contributed by atoms with Crippen molar-refractivity contribution in [3.05, 3.63) is 36.2 Å². The number of nitrogens with zero attached hydrogens (tertiary/aromatic N) is 1. The van der Waals surface area contributed by atoms with E-state index in [9.17, 15) is 0 Å². The molecule has 0 aliphatic carbocycles. The molecule has 0 spiro atoms. The molecule has 0 N–H and O–H groups in total. The monoisotopic (exact) mass is 160 g/mol. The van der Waals surface area contributed by atoms with Gasteiger partial charge in [-0.15, -0.1) is 0 Å². The Morgan fingerprint density at radius 3 is 2.83 bits per heavy atom. The molecule has 2 nitrogen and oxygen atoms in total. The predicted octanol–water partition coefficient (Wildman–Crippen LogP) is 2.14. The average Bonchev–Trinajstić information content (AvgIpc) is 2.05. The Morgan fingerprint density at radius 2 is 2.33 bits per heavy atom. The van der Waals surface area contributed by atoms with Crippen LogP contribution in [0.25, 0.3) is 0 Å². The Kier molecular flexibility index (Phi) is 2.71. The van der Waals surface area contributed by atoms with Gasteiger partial charge in [0.25, 0.3) is 0 Å². The number of ether oxygens (including phenoxy) is 1. The van der Waals surface area contributed by atoms with Gasteiger partial charge in [0.1, 0.15) is 5.75 Å². The Bertz CT molecular complexity index is 312. The van der Waals surface area contributed by atoms with Crippen LogP contribution in [0.1, 0.15) is 18.1 Å². The Hall–Kier alpha value is -1.49. The van der Waals surface area contributed by atoms with Crippen LogP contribution in [0, 0.1) is 18.3 Å². The smallest absolute Gasteiger partial charge is 0.119 e. The Labute approximate surface area is 72.4 Å². The summed E-state index contributed by atoms with van der Waals surface area (Å²) in [5.41, 5.74) is 1.31. The van der Waals surface area contributed by atoms with Crippen molar-refractivity contribution >= 4 is 0 Å². The van der Waals surface area contributed by atoms with Gasteiger partial charge in [0.15, 0.2) is 0 Å². The van der Waals surface area contributed by atoms with Crippen molar-refractivity contribution in [2.24, 2.45) is 0 Å². The van der Waals surface area contributed by atoms with E-state index >= 15 is 0 Å². The van der Waals surface area contributed by atoms with Crippen LogP contribution in [0.15, 0.2) is 18.2 Å². The Morgan fingerprint density at radius 1 is 1.58 bits per heavy atom. The normalized spacial score (nSPS) is 9.08. The minimum absolute atomic E-state index is 0.596. The molecule has 1 aromatic carbocycles. The molecule has 0 bridgehead atoms. The molecule has 0 fully saturated rings. The molecule has 0 saturated carbocycles. The van der Waals surface area contributed by atoms with Crippen LogP contribution in [0.2, 0.25) is 0 Å². The standard InChI is InChI=1S/C10H10NO/c1-3-12-10-5-4-9(7-11)8(2)6-10/h4-6H,2-3H2,1H3. The molecular formula is C10H10NO. The summed E-state index contributed by atoms with van der Waals surface area (Å²) in [7, 11) is 0. The summed E-state index contributed by atoms with van der Waals surface area (Å²) < 4.78 is 5.24. The zero-order valence-corrected chi connectivity index (χ0v) is 7.00. The lowest BCUT2D eigenvalue weighted by molar-refractivity contribution is 0.340. The molecule has 0 saturated heterocycles. The number of benzene rings is 1. The first-order valence-electron chi connectivity index (χ1n) is 3.77. The molecule has 0 aromatic heterocycles. The van der Waals surface area contributed by atoms with Gasteiger partial charge >= 0.3 is 0 Å². The zero-order chi connectivity index (χ0) is 8.97. The average molecular weight is 160 g/mol. The van der Waals surface area contributed by atoms with Crippen LogP contribution in [0.4, 0.5) is 0 Å². The van der Waals surface area contributed by atoms with Crippen LogP contribution < -0.4 is 4.74 Å². The molecular weight excluding hydrogens is 150 g/mol. The minimum atomic E-state index is 0.596. The van der Waals surface area contributed by atoms with E-state index in [1.165, 1.54) is 0 Å². The molecule has 1 radical (unpaired) electrons. The molecule has 0 heterocycles. The van der Waals surface area contributed by atoms with Gasteiger partial charge in [-0.3, -0.25) is 0 Å². The largest absolute Gasteiger partial charge is 0.494 e. The molecule has 61 valence electrons. The van der Waals surface area contributed by atoms with Gasteiger partial charge in [-0.25, -0.2) is 0 Å². The first-order valence-corrected chi connectivity index (χ1v) is 3.77. The summed E-state index contributed by atoms with van der Waals surface area (Å²) in [6, 6.07) is 7.30. The SMILES string of the molecule is [CH2]c1cc(OCC)ccc1C#N. The first-order chi connectivity index (χ1) is 5.77. The lowest BCUT2D eigenvalue weighted by atomic mass is 10.1. The highest BCUT2D eigenvalue weighted by atomic mass is 16.5. The third kappa shape index (κ3) is 1.76. The second-order valence-electron chi connectivity index (χ2n) is 2.36. The maximum absolute atomic E-state index is 8.61. The van der Waals surface area contributed by atoms with Crippen molar-refractivity contribution in [1.29, 1.82) is 5.26 Å². The first kappa shape index (κ1) is 8.61. The summed E-state index contributed by atoms with van der Waals surface area (Å²) >= 11 is 0. The van der Waals surface area contributed by atoms with E-state index in [1.54, 1.807) is 18.2 Å². The number of hydrogen-bond donors (Lipinski definition) is 0. The number of hydrogen-bond acceptors (Lipinski definition) is 2. The topological polar surface area (TPSA) is 33.0 Å². The molecule has 0 unspecified atom stereocenters. The second kappa shape index (κ2) is 3.77. The molecule has 0 aliphatic heterocycles. The summed E-state index contributed by atoms with van der Waals surface area (Å²) in [5.74, 6) is 0.765. The maximum Gasteiger partial charge on any atom is 0.119 e. The van der Waals surface area contributed by atoms with Crippen molar-refractivity contribution in [3.8, 4) is 11.8 Å². The number of rotatable bonds is 2. The summed E-state index contributed by atoms with van der Waals surface area (Å²) in [6.07, 6.45) is 0. The van der Waals surface area contributed by atoms with Gasteiger partial charge in [-0.2, -0.15) is 5.26 Å². The summed E-state index contributed by atoms with van der Waals surface area (Å²) in [5, 5.41) is 8.61. The van der Waals surface area contributed by atoms with E-state index in [0.717, 1.165) is 5.75 Å². The van der Waals surface area contributed by atoms with E-state index in [4.69, 9.17) is 10.00 Å². The van der Waals surface area contributed by atoms with Crippen molar-refractivity contribution in [2.45, 2.75) is 6.92 Å². The zero-order valence-electron chi connectivity index (χ0n) is 7.00. The molecule has 2 heteroatoms. The van der Waals surface area contributed by atoms with E-state index in [-0.39, 0.29) is 0 Å². The third-order valence-electron chi connectivity index (χ3n) is 1.51. The van der Waals surface area contributed by atoms with E-state index in [1.807, 2.05) is 13.0 Å². The minimum Gasteiger partial charge on any atom is -0.494 e. The quantitative estimate of drug-likeness (QED) is 0.664. The molecule has 12 heavy (non-hydrogen) atoms. The molecule has 0 atom stereocenters. The van der Waals surface area contributed by atoms with Gasteiger partial charge in [0.2, 0.25) is 0 Å². The predicted molar refractivity (Wildman–Crippen MR) is 46.8 cm³/mol. The van der Waals surface area contributed by atoms with Gasteiger partial charge in [0, 0.05) is 0 Å². The lowest BCUT2D eigenvalue weighted by Crippen LogP contribution is -1.92. The molecule has 0 amide bonds. The van der Waals surface area contributed by atoms with Gasteiger partial charge in [-0.05, 0) is 37.6 Å².